The SMILES string of the molecule is CCCS(=O)(=O)NC1CC(CN)C1.Cl. The normalized spacial score (nSPS) is 26.4. The zero-order valence-electron chi connectivity index (χ0n) is 8.40. The van der Waals surface area contributed by atoms with Crippen molar-refractivity contribution in [1.82, 2.24) is 4.72 Å². The third-order valence-corrected chi connectivity index (χ3v) is 4.03. The number of hydrogen-bond acceptors (Lipinski definition) is 3. The van der Waals surface area contributed by atoms with Gasteiger partial charge in [-0.15, -0.1) is 12.4 Å². The van der Waals surface area contributed by atoms with Crippen LogP contribution in [0.25, 0.3) is 0 Å². The summed E-state index contributed by atoms with van der Waals surface area (Å²) in [6, 6.07) is 0.144. The predicted molar refractivity (Wildman–Crippen MR) is 60.0 cm³/mol. The summed E-state index contributed by atoms with van der Waals surface area (Å²) < 4.78 is 25.2. The van der Waals surface area contributed by atoms with E-state index in [1.807, 2.05) is 6.92 Å². The maximum Gasteiger partial charge on any atom is 0.211 e. The summed E-state index contributed by atoms with van der Waals surface area (Å²) in [6.07, 6.45) is 2.47. The summed E-state index contributed by atoms with van der Waals surface area (Å²) in [5.41, 5.74) is 5.44. The van der Waals surface area contributed by atoms with Crippen LogP contribution in [-0.4, -0.2) is 26.8 Å². The maximum atomic E-state index is 11.3. The minimum absolute atomic E-state index is 0. The number of hydrogen-bond donors (Lipinski definition) is 2. The molecule has 14 heavy (non-hydrogen) atoms. The van der Waals surface area contributed by atoms with E-state index >= 15 is 0 Å². The highest BCUT2D eigenvalue weighted by Gasteiger charge is 2.30. The second kappa shape index (κ2) is 5.90. The predicted octanol–water partition coefficient (Wildman–Crippen LogP) is 0.475. The first-order valence-corrected chi connectivity index (χ1v) is 6.42. The van der Waals surface area contributed by atoms with E-state index in [9.17, 15) is 8.42 Å². The van der Waals surface area contributed by atoms with Crippen molar-refractivity contribution in [2.75, 3.05) is 12.3 Å². The second-order valence-electron chi connectivity index (χ2n) is 3.71. The molecule has 0 aromatic heterocycles. The van der Waals surface area contributed by atoms with Crippen LogP contribution in [0, 0.1) is 5.92 Å². The minimum Gasteiger partial charge on any atom is -0.330 e. The molecule has 0 bridgehead atoms. The van der Waals surface area contributed by atoms with Crippen LogP contribution in [0.15, 0.2) is 0 Å². The number of nitrogens with two attached hydrogens (primary N) is 1. The van der Waals surface area contributed by atoms with Gasteiger partial charge in [0.2, 0.25) is 10.0 Å². The molecule has 3 N–H and O–H groups in total. The van der Waals surface area contributed by atoms with Crippen LogP contribution in [0.4, 0.5) is 0 Å². The van der Waals surface area contributed by atoms with Gasteiger partial charge in [-0.25, -0.2) is 13.1 Å². The van der Waals surface area contributed by atoms with Crippen LogP contribution in [0.5, 0.6) is 0 Å². The van der Waals surface area contributed by atoms with Gasteiger partial charge >= 0.3 is 0 Å². The van der Waals surface area contributed by atoms with Crippen molar-refractivity contribution < 1.29 is 8.42 Å². The third-order valence-electron chi connectivity index (χ3n) is 2.39. The molecular formula is C8H19ClN2O2S. The molecule has 0 aliphatic heterocycles. The molecule has 0 atom stereocenters. The summed E-state index contributed by atoms with van der Waals surface area (Å²) >= 11 is 0. The Bertz CT molecular complexity index is 250. The summed E-state index contributed by atoms with van der Waals surface area (Å²) in [5, 5.41) is 0. The van der Waals surface area contributed by atoms with Gasteiger partial charge in [-0.3, -0.25) is 0 Å². The summed E-state index contributed by atoms with van der Waals surface area (Å²) in [4.78, 5) is 0. The van der Waals surface area contributed by atoms with Crippen molar-refractivity contribution in [3.05, 3.63) is 0 Å². The Hall–Kier alpha value is 0.160. The molecule has 0 amide bonds. The molecule has 1 rings (SSSR count). The van der Waals surface area contributed by atoms with Gasteiger partial charge in [0.05, 0.1) is 5.75 Å². The maximum absolute atomic E-state index is 11.3. The molecule has 0 unspecified atom stereocenters. The third kappa shape index (κ3) is 4.13. The fourth-order valence-corrected chi connectivity index (χ4v) is 2.96. The molecule has 0 aromatic rings. The van der Waals surface area contributed by atoms with Gasteiger partial charge in [0.15, 0.2) is 0 Å². The van der Waals surface area contributed by atoms with Gasteiger partial charge in [0.1, 0.15) is 0 Å². The highest BCUT2D eigenvalue weighted by molar-refractivity contribution is 7.89. The summed E-state index contributed by atoms with van der Waals surface area (Å²) in [7, 11) is -3.01. The standard InChI is InChI=1S/C8H18N2O2S.ClH/c1-2-3-13(11,12)10-8-4-7(5-8)6-9;/h7-8,10H,2-6,9H2,1H3;1H. The van der Waals surface area contributed by atoms with Crippen LogP contribution in [0.1, 0.15) is 26.2 Å². The summed E-state index contributed by atoms with van der Waals surface area (Å²) in [6.45, 7) is 2.54. The van der Waals surface area contributed by atoms with Gasteiger partial charge < -0.3 is 5.73 Å². The highest BCUT2D eigenvalue weighted by atomic mass is 35.5. The molecule has 6 heteroatoms. The average Bonchev–Trinajstić information content (AvgIpc) is 1.95. The fraction of sp³-hybridized carbons (Fsp3) is 1.00. The molecule has 0 heterocycles. The lowest BCUT2D eigenvalue weighted by Gasteiger charge is -2.34. The van der Waals surface area contributed by atoms with Gasteiger partial charge in [-0.2, -0.15) is 0 Å². The molecule has 0 spiro atoms. The topological polar surface area (TPSA) is 72.2 Å². The number of nitrogens with one attached hydrogen (secondary N) is 1. The monoisotopic (exact) mass is 242 g/mol. The van der Waals surface area contributed by atoms with Crippen LogP contribution >= 0.6 is 12.4 Å². The van der Waals surface area contributed by atoms with E-state index in [1.54, 1.807) is 0 Å². The lowest BCUT2D eigenvalue weighted by Crippen LogP contribution is -2.46. The number of rotatable bonds is 5. The quantitative estimate of drug-likeness (QED) is 0.737. The van der Waals surface area contributed by atoms with Crippen molar-refractivity contribution in [3.63, 3.8) is 0 Å². The molecule has 86 valence electrons. The van der Waals surface area contributed by atoms with Gasteiger partial charge in [-0.1, -0.05) is 6.92 Å². The van der Waals surface area contributed by atoms with E-state index in [0.717, 1.165) is 12.8 Å². The summed E-state index contributed by atoms with van der Waals surface area (Å²) in [5.74, 6) is 0.755. The Morgan fingerprint density at radius 3 is 2.43 bits per heavy atom. The second-order valence-corrected chi connectivity index (χ2v) is 5.58. The smallest absolute Gasteiger partial charge is 0.211 e. The zero-order chi connectivity index (χ0) is 9.90. The largest absolute Gasteiger partial charge is 0.330 e. The molecule has 1 aliphatic carbocycles. The van der Waals surface area contributed by atoms with Crippen molar-refractivity contribution in [1.29, 1.82) is 0 Å². The highest BCUT2D eigenvalue weighted by Crippen LogP contribution is 2.26. The molecule has 1 aliphatic rings. The van der Waals surface area contributed by atoms with E-state index in [4.69, 9.17) is 5.73 Å². The van der Waals surface area contributed by atoms with E-state index < -0.39 is 10.0 Å². The van der Waals surface area contributed by atoms with Crippen LogP contribution in [-0.2, 0) is 10.0 Å². The molecular weight excluding hydrogens is 224 g/mol. The Morgan fingerprint density at radius 2 is 2.00 bits per heavy atom. The van der Waals surface area contributed by atoms with Crippen LogP contribution < -0.4 is 10.5 Å². The average molecular weight is 243 g/mol. The van der Waals surface area contributed by atoms with Gasteiger partial charge in [-0.05, 0) is 31.7 Å². The number of sulfonamides is 1. The molecule has 4 nitrogen and oxygen atoms in total. The minimum atomic E-state index is -3.01. The van der Waals surface area contributed by atoms with E-state index in [-0.39, 0.29) is 24.2 Å². The van der Waals surface area contributed by atoms with Crippen molar-refractivity contribution >= 4 is 22.4 Å². The Morgan fingerprint density at radius 1 is 1.43 bits per heavy atom. The van der Waals surface area contributed by atoms with Crippen molar-refractivity contribution in [2.45, 2.75) is 32.2 Å². The van der Waals surface area contributed by atoms with E-state index in [1.165, 1.54) is 0 Å². The zero-order valence-corrected chi connectivity index (χ0v) is 10.0. The Kier molecular flexibility index (Phi) is 5.97. The van der Waals surface area contributed by atoms with Gasteiger partial charge in [0.25, 0.3) is 0 Å². The fourth-order valence-electron chi connectivity index (χ4n) is 1.61. The molecule has 0 radical (unpaired) electrons. The first-order valence-electron chi connectivity index (χ1n) is 4.77. The lowest BCUT2D eigenvalue weighted by molar-refractivity contribution is 0.255. The van der Waals surface area contributed by atoms with E-state index in [2.05, 4.69) is 4.72 Å². The van der Waals surface area contributed by atoms with Crippen LogP contribution in [0.2, 0.25) is 0 Å². The van der Waals surface area contributed by atoms with Crippen molar-refractivity contribution in [3.8, 4) is 0 Å². The van der Waals surface area contributed by atoms with Crippen molar-refractivity contribution in [2.24, 2.45) is 11.7 Å². The van der Waals surface area contributed by atoms with Gasteiger partial charge in [0, 0.05) is 6.04 Å². The molecule has 1 saturated carbocycles. The first kappa shape index (κ1) is 14.2. The van der Waals surface area contributed by atoms with E-state index in [0.29, 0.717) is 18.9 Å². The Labute approximate surface area is 92.1 Å². The molecule has 1 fully saturated rings. The lowest BCUT2D eigenvalue weighted by atomic mass is 9.81. The number of halogens is 1. The Balaban J connectivity index is 0.00000169. The van der Waals surface area contributed by atoms with Crippen LogP contribution in [0.3, 0.4) is 0 Å². The molecule has 0 saturated heterocycles. The molecule has 0 aromatic carbocycles. The first-order chi connectivity index (χ1) is 6.07.